The van der Waals surface area contributed by atoms with Crippen molar-refractivity contribution < 1.29 is 14.3 Å². The Morgan fingerprint density at radius 1 is 1.04 bits per heavy atom. The first kappa shape index (κ1) is 19.4. The van der Waals surface area contributed by atoms with Crippen LogP contribution < -0.4 is 5.32 Å². The fourth-order valence-corrected chi connectivity index (χ4v) is 2.75. The van der Waals surface area contributed by atoms with Gasteiger partial charge in [-0.2, -0.15) is 5.10 Å². The normalized spacial score (nSPS) is 12.8. The molecular weight excluding hydrogens is 354 g/mol. The molecule has 1 heterocycles. The molecule has 2 atom stereocenters. The summed E-state index contributed by atoms with van der Waals surface area (Å²) < 4.78 is 6.99. The Kier molecular flexibility index (Phi) is 6.22. The Morgan fingerprint density at radius 3 is 2.39 bits per heavy atom. The Hall–Kier alpha value is -3.41. The molecule has 6 nitrogen and oxygen atoms in total. The zero-order chi connectivity index (χ0) is 19.9. The molecule has 0 saturated carbocycles. The molecule has 144 valence electrons. The van der Waals surface area contributed by atoms with Crippen molar-refractivity contribution >= 4 is 11.9 Å². The molecular formula is C22H23N3O3. The number of carbonyl (C=O) groups is 2. The van der Waals surface area contributed by atoms with Gasteiger partial charge in [0, 0.05) is 18.9 Å². The van der Waals surface area contributed by atoms with E-state index < -0.39 is 12.1 Å². The van der Waals surface area contributed by atoms with E-state index in [2.05, 4.69) is 10.4 Å². The molecule has 28 heavy (non-hydrogen) atoms. The van der Waals surface area contributed by atoms with Gasteiger partial charge in [-0.05, 0) is 48.7 Å². The first-order valence-electron chi connectivity index (χ1n) is 9.18. The minimum atomic E-state index is -0.874. The minimum Gasteiger partial charge on any atom is -0.449 e. The zero-order valence-electron chi connectivity index (χ0n) is 15.9. The number of aromatic nitrogens is 2. The third-order valence-electron chi connectivity index (χ3n) is 4.48. The lowest BCUT2D eigenvalue weighted by Gasteiger charge is -2.16. The summed E-state index contributed by atoms with van der Waals surface area (Å²) in [5.41, 5.74) is 2.36. The van der Waals surface area contributed by atoms with Crippen LogP contribution in [0, 0.1) is 0 Å². The number of nitrogens with one attached hydrogen (secondary N) is 1. The van der Waals surface area contributed by atoms with Crippen molar-refractivity contribution in [2.24, 2.45) is 0 Å². The van der Waals surface area contributed by atoms with Gasteiger partial charge < -0.3 is 10.1 Å². The van der Waals surface area contributed by atoms with Crippen LogP contribution in [0.25, 0.3) is 5.69 Å². The van der Waals surface area contributed by atoms with Gasteiger partial charge in [-0.3, -0.25) is 4.79 Å². The maximum atomic E-state index is 12.3. The molecule has 1 aromatic heterocycles. The molecule has 0 saturated heterocycles. The lowest BCUT2D eigenvalue weighted by atomic mass is 10.0. The average Bonchev–Trinajstić information content (AvgIpc) is 3.27. The van der Waals surface area contributed by atoms with E-state index in [1.807, 2.05) is 49.5 Å². The second-order valence-electron chi connectivity index (χ2n) is 6.60. The van der Waals surface area contributed by atoms with Gasteiger partial charge in [-0.15, -0.1) is 0 Å². The molecule has 3 aromatic rings. The molecule has 0 radical (unpaired) electrons. The quantitative estimate of drug-likeness (QED) is 0.641. The van der Waals surface area contributed by atoms with Crippen LogP contribution >= 0.6 is 0 Å². The molecule has 0 aliphatic rings. The number of amides is 1. The van der Waals surface area contributed by atoms with E-state index in [9.17, 15) is 9.59 Å². The SMILES string of the molecule is CC(OC(=O)c1ccc(-n2cccn2)cc1)C(=O)NCC(C)c1ccccc1. The van der Waals surface area contributed by atoms with Crippen LogP contribution in [-0.4, -0.2) is 34.3 Å². The highest BCUT2D eigenvalue weighted by molar-refractivity contribution is 5.92. The summed E-state index contributed by atoms with van der Waals surface area (Å²) in [6, 6.07) is 18.6. The third kappa shape index (κ3) is 4.85. The number of esters is 1. The first-order chi connectivity index (χ1) is 13.5. The highest BCUT2D eigenvalue weighted by Crippen LogP contribution is 2.14. The van der Waals surface area contributed by atoms with Gasteiger partial charge in [0.25, 0.3) is 5.91 Å². The van der Waals surface area contributed by atoms with Gasteiger partial charge >= 0.3 is 5.97 Å². The topological polar surface area (TPSA) is 73.2 Å². The highest BCUT2D eigenvalue weighted by Gasteiger charge is 2.19. The number of rotatable bonds is 7. The third-order valence-corrected chi connectivity index (χ3v) is 4.48. The Bertz CT molecular complexity index is 906. The number of ether oxygens (including phenoxy) is 1. The van der Waals surface area contributed by atoms with E-state index in [4.69, 9.17) is 4.74 Å². The Morgan fingerprint density at radius 2 is 1.75 bits per heavy atom. The van der Waals surface area contributed by atoms with E-state index in [0.717, 1.165) is 11.3 Å². The smallest absolute Gasteiger partial charge is 0.338 e. The summed E-state index contributed by atoms with van der Waals surface area (Å²) in [7, 11) is 0. The maximum Gasteiger partial charge on any atom is 0.338 e. The Balaban J connectivity index is 1.51. The molecule has 0 bridgehead atoms. The van der Waals surface area contributed by atoms with Crippen LogP contribution in [0.1, 0.15) is 35.7 Å². The van der Waals surface area contributed by atoms with Crippen LogP contribution in [0.15, 0.2) is 73.1 Å². The second kappa shape index (κ2) is 8.99. The van der Waals surface area contributed by atoms with Crippen molar-refractivity contribution in [2.75, 3.05) is 6.54 Å². The molecule has 0 aliphatic carbocycles. The molecule has 1 N–H and O–H groups in total. The van der Waals surface area contributed by atoms with Gasteiger partial charge in [0.2, 0.25) is 0 Å². The van der Waals surface area contributed by atoms with Crippen LogP contribution in [0.4, 0.5) is 0 Å². The van der Waals surface area contributed by atoms with Crippen LogP contribution in [0.2, 0.25) is 0 Å². The Labute approximate surface area is 164 Å². The lowest BCUT2D eigenvalue weighted by molar-refractivity contribution is -0.129. The summed E-state index contributed by atoms with van der Waals surface area (Å²) in [4.78, 5) is 24.5. The molecule has 0 spiro atoms. The molecule has 0 fully saturated rings. The van der Waals surface area contributed by atoms with E-state index >= 15 is 0 Å². The standard InChI is InChI=1S/C22H23N3O3/c1-16(18-7-4-3-5-8-18)15-23-21(26)17(2)28-22(27)19-9-11-20(12-10-19)25-14-6-13-24-25/h3-14,16-17H,15H2,1-2H3,(H,23,26). The van der Waals surface area contributed by atoms with Crippen molar-refractivity contribution in [3.63, 3.8) is 0 Å². The van der Waals surface area contributed by atoms with Crippen molar-refractivity contribution in [1.82, 2.24) is 15.1 Å². The van der Waals surface area contributed by atoms with E-state index in [1.54, 1.807) is 42.1 Å². The molecule has 3 rings (SSSR count). The number of carbonyl (C=O) groups excluding carboxylic acids is 2. The van der Waals surface area contributed by atoms with Gasteiger partial charge in [-0.25, -0.2) is 9.48 Å². The van der Waals surface area contributed by atoms with Crippen molar-refractivity contribution in [3.05, 3.63) is 84.2 Å². The average molecular weight is 377 g/mol. The number of nitrogens with zero attached hydrogens (tertiary/aromatic N) is 2. The molecule has 2 aromatic carbocycles. The lowest BCUT2D eigenvalue weighted by Crippen LogP contribution is -2.37. The monoisotopic (exact) mass is 377 g/mol. The zero-order valence-corrected chi connectivity index (χ0v) is 15.9. The minimum absolute atomic E-state index is 0.169. The van der Waals surface area contributed by atoms with Crippen LogP contribution in [0.5, 0.6) is 0 Å². The fraction of sp³-hybridized carbons (Fsp3) is 0.227. The second-order valence-corrected chi connectivity index (χ2v) is 6.60. The van der Waals surface area contributed by atoms with Crippen molar-refractivity contribution in [3.8, 4) is 5.69 Å². The highest BCUT2D eigenvalue weighted by atomic mass is 16.5. The summed E-state index contributed by atoms with van der Waals surface area (Å²) in [5.74, 6) is -0.682. The number of hydrogen-bond donors (Lipinski definition) is 1. The summed E-state index contributed by atoms with van der Waals surface area (Å²) in [6.45, 7) is 4.08. The molecule has 1 amide bonds. The van der Waals surface area contributed by atoms with Gasteiger partial charge in [0.05, 0.1) is 11.3 Å². The van der Waals surface area contributed by atoms with Crippen LogP contribution in [0.3, 0.4) is 0 Å². The van der Waals surface area contributed by atoms with Gasteiger partial charge in [0.15, 0.2) is 6.10 Å². The van der Waals surface area contributed by atoms with Gasteiger partial charge in [-0.1, -0.05) is 37.3 Å². The molecule has 6 heteroatoms. The summed E-state index contributed by atoms with van der Waals surface area (Å²) in [5, 5.41) is 6.97. The van der Waals surface area contributed by atoms with Gasteiger partial charge in [0.1, 0.15) is 0 Å². The summed E-state index contributed by atoms with van der Waals surface area (Å²) >= 11 is 0. The van der Waals surface area contributed by atoms with E-state index in [-0.39, 0.29) is 11.8 Å². The predicted octanol–water partition coefficient (Wildman–Crippen LogP) is 3.34. The first-order valence-corrected chi connectivity index (χ1v) is 9.18. The molecule has 0 aliphatic heterocycles. The van der Waals surface area contributed by atoms with E-state index in [1.165, 1.54) is 0 Å². The van der Waals surface area contributed by atoms with Crippen molar-refractivity contribution in [2.45, 2.75) is 25.9 Å². The maximum absolute atomic E-state index is 12.3. The largest absolute Gasteiger partial charge is 0.449 e. The van der Waals surface area contributed by atoms with Crippen molar-refractivity contribution in [1.29, 1.82) is 0 Å². The number of benzene rings is 2. The van der Waals surface area contributed by atoms with Crippen LogP contribution in [-0.2, 0) is 9.53 Å². The summed E-state index contributed by atoms with van der Waals surface area (Å²) in [6.07, 6.45) is 2.62. The molecule has 2 unspecified atom stereocenters. The van der Waals surface area contributed by atoms with E-state index in [0.29, 0.717) is 12.1 Å². The number of hydrogen-bond acceptors (Lipinski definition) is 4. The predicted molar refractivity (Wildman–Crippen MR) is 106 cm³/mol. The fourth-order valence-electron chi connectivity index (χ4n) is 2.75.